The Kier molecular flexibility index (Phi) is 4.66. The van der Waals surface area contributed by atoms with E-state index in [9.17, 15) is 4.79 Å². The molecule has 3 unspecified atom stereocenters. The predicted octanol–water partition coefficient (Wildman–Crippen LogP) is 2.27. The molecule has 0 aromatic rings. The molecule has 3 atom stereocenters. The fraction of sp³-hybridized carbons (Fsp3) is 0.933. The van der Waals surface area contributed by atoms with Gasteiger partial charge in [0.1, 0.15) is 0 Å². The summed E-state index contributed by atoms with van der Waals surface area (Å²) < 4.78 is 0. The molecule has 0 aliphatic heterocycles. The van der Waals surface area contributed by atoms with E-state index in [4.69, 9.17) is 0 Å². The summed E-state index contributed by atoms with van der Waals surface area (Å²) in [4.78, 5) is 14.0. The van der Waals surface area contributed by atoms with Crippen molar-refractivity contribution in [1.82, 2.24) is 10.2 Å². The topological polar surface area (TPSA) is 32.3 Å². The molecule has 3 heteroatoms. The molecule has 104 valence electrons. The summed E-state index contributed by atoms with van der Waals surface area (Å²) in [5.74, 6) is 2.98. The highest BCUT2D eigenvalue weighted by Crippen LogP contribution is 2.48. The molecule has 0 saturated heterocycles. The Labute approximate surface area is 111 Å². The predicted molar refractivity (Wildman–Crippen MR) is 74.3 cm³/mol. The fourth-order valence-electron chi connectivity index (χ4n) is 3.71. The van der Waals surface area contributed by atoms with E-state index in [1.807, 2.05) is 11.9 Å². The summed E-state index contributed by atoms with van der Waals surface area (Å²) in [6.07, 6.45) is 6.28. The third-order valence-corrected chi connectivity index (χ3v) is 4.71. The van der Waals surface area contributed by atoms with Crippen molar-refractivity contribution >= 4 is 5.91 Å². The Hall–Kier alpha value is -0.570. The number of rotatable bonds is 6. The normalized spacial score (nSPS) is 30.1. The third kappa shape index (κ3) is 3.47. The Bertz CT molecular complexity index is 290. The minimum atomic E-state index is 0.297. The zero-order valence-corrected chi connectivity index (χ0v) is 12.1. The van der Waals surface area contributed by atoms with E-state index in [1.165, 1.54) is 25.7 Å². The quantitative estimate of drug-likeness (QED) is 0.786. The molecule has 0 aromatic carbocycles. The Balaban J connectivity index is 1.67. The van der Waals surface area contributed by atoms with E-state index in [1.54, 1.807) is 0 Å². The Morgan fingerprint density at radius 1 is 1.33 bits per heavy atom. The highest BCUT2D eigenvalue weighted by atomic mass is 16.2. The van der Waals surface area contributed by atoms with Gasteiger partial charge in [-0.3, -0.25) is 4.79 Å². The highest BCUT2D eigenvalue weighted by molar-refractivity contribution is 5.76. The molecule has 0 radical (unpaired) electrons. The number of carbonyl (C=O) groups excluding carboxylic acids is 1. The van der Waals surface area contributed by atoms with Crippen molar-refractivity contribution in [3.05, 3.63) is 0 Å². The summed E-state index contributed by atoms with van der Waals surface area (Å²) in [5, 5.41) is 3.30. The van der Waals surface area contributed by atoms with Crippen molar-refractivity contribution in [3.8, 4) is 0 Å². The largest absolute Gasteiger partial charge is 0.345 e. The molecule has 2 aliphatic carbocycles. The van der Waals surface area contributed by atoms with Crippen molar-refractivity contribution < 1.29 is 4.79 Å². The van der Waals surface area contributed by atoms with Gasteiger partial charge in [0.2, 0.25) is 5.91 Å². The number of amides is 1. The minimum absolute atomic E-state index is 0.297. The van der Waals surface area contributed by atoms with Gasteiger partial charge in [-0.1, -0.05) is 20.3 Å². The molecule has 0 spiro atoms. The summed E-state index contributed by atoms with van der Waals surface area (Å²) in [7, 11) is 1.98. The lowest BCUT2D eigenvalue weighted by molar-refractivity contribution is -0.130. The van der Waals surface area contributed by atoms with Crippen LogP contribution in [0, 0.1) is 17.8 Å². The van der Waals surface area contributed by atoms with Crippen molar-refractivity contribution in [2.75, 3.05) is 20.1 Å². The first-order valence-corrected chi connectivity index (χ1v) is 7.53. The van der Waals surface area contributed by atoms with Crippen molar-refractivity contribution in [2.45, 2.75) is 52.0 Å². The van der Waals surface area contributed by atoms with Gasteiger partial charge in [0.05, 0.1) is 0 Å². The zero-order valence-electron chi connectivity index (χ0n) is 12.1. The smallest absolute Gasteiger partial charge is 0.223 e. The first-order valence-electron chi connectivity index (χ1n) is 7.53. The van der Waals surface area contributed by atoms with Gasteiger partial charge < -0.3 is 10.2 Å². The maximum absolute atomic E-state index is 12.0. The summed E-state index contributed by atoms with van der Waals surface area (Å²) in [5.41, 5.74) is 0. The van der Waals surface area contributed by atoms with Crippen LogP contribution in [0.15, 0.2) is 0 Å². The van der Waals surface area contributed by atoms with Gasteiger partial charge in [-0.15, -0.1) is 0 Å². The van der Waals surface area contributed by atoms with Crippen LogP contribution in [0.4, 0.5) is 0 Å². The molecule has 0 heterocycles. The SMILES string of the molecule is CC(C)NCCC(=O)N(C)CC1CC2CCC1C2. The number of hydrogen-bond acceptors (Lipinski definition) is 2. The average molecular weight is 252 g/mol. The molecule has 1 N–H and O–H groups in total. The minimum Gasteiger partial charge on any atom is -0.345 e. The second kappa shape index (κ2) is 6.05. The maximum atomic E-state index is 12.0. The number of carbonyl (C=O) groups is 1. The van der Waals surface area contributed by atoms with Gasteiger partial charge in [0.15, 0.2) is 0 Å². The first kappa shape index (κ1) is 13.9. The van der Waals surface area contributed by atoms with Crippen LogP contribution in [-0.2, 0) is 4.79 Å². The van der Waals surface area contributed by atoms with Gasteiger partial charge >= 0.3 is 0 Å². The molecule has 2 fully saturated rings. The molecule has 2 rings (SSSR count). The van der Waals surface area contributed by atoms with Crippen LogP contribution < -0.4 is 5.32 Å². The van der Waals surface area contributed by atoms with Crippen LogP contribution in [0.1, 0.15) is 46.0 Å². The van der Waals surface area contributed by atoms with Crippen LogP contribution >= 0.6 is 0 Å². The lowest BCUT2D eigenvalue weighted by Gasteiger charge is -2.27. The van der Waals surface area contributed by atoms with Crippen LogP contribution in [-0.4, -0.2) is 37.0 Å². The molecule has 18 heavy (non-hydrogen) atoms. The van der Waals surface area contributed by atoms with Gasteiger partial charge in [-0.2, -0.15) is 0 Å². The molecule has 2 saturated carbocycles. The molecule has 2 bridgehead atoms. The van der Waals surface area contributed by atoms with E-state index in [-0.39, 0.29) is 0 Å². The van der Waals surface area contributed by atoms with E-state index in [0.29, 0.717) is 18.4 Å². The monoisotopic (exact) mass is 252 g/mol. The van der Waals surface area contributed by atoms with Crippen LogP contribution in [0.25, 0.3) is 0 Å². The number of nitrogens with one attached hydrogen (secondary N) is 1. The molecular formula is C15H28N2O. The number of nitrogens with zero attached hydrogens (tertiary/aromatic N) is 1. The van der Waals surface area contributed by atoms with Crippen LogP contribution in [0.5, 0.6) is 0 Å². The van der Waals surface area contributed by atoms with Crippen molar-refractivity contribution in [3.63, 3.8) is 0 Å². The van der Waals surface area contributed by atoms with E-state index >= 15 is 0 Å². The summed E-state index contributed by atoms with van der Waals surface area (Å²) >= 11 is 0. The lowest BCUT2D eigenvalue weighted by atomic mass is 9.88. The van der Waals surface area contributed by atoms with Crippen molar-refractivity contribution in [1.29, 1.82) is 0 Å². The summed E-state index contributed by atoms with van der Waals surface area (Å²) in [6, 6.07) is 0.466. The van der Waals surface area contributed by atoms with E-state index in [0.717, 1.165) is 30.8 Å². The van der Waals surface area contributed by atoms with Crippen molar-refractivity contribution in [2.24, 2.45) is 17.8 Å². The third-order valence-electron chi connectivity index (χ3n) is 4.71. The van der Waals surface area contributed by atoms with Gasteiger partial charge in [-0.25, -0.2) is 0 Å². The molecule has 1 amide bonds. The Morgan fingerprint density at radius 3 is 2.67 bits per heavy atom. The first-order chi connectivity index (χ1) is 8.56. The lowest BCUT2D eigenvalue weighted by Crippen LogP contribution is -2.36. The average Bonchev–Trinajstić information content (AvgIpc) is 2.90. The van der Waals surface area contributed by atoms with E-state index < -0.39 is 0 Å². The van der Waals surface area contributed by atoms with Gasteiger partial charge in [-0.05, 0) is 37.0 Å². The zero-order chi connectivity index (χ0) is 13.1. The molecule has 0 aromatic heterocycles. The van der Waals surface area contributed by atoms with Crippen LogP contribution in [0.2, 0.25) is 0 Å². The fourth-order valence-corrected chi connectivity index (χ4v) is 3.71. The second-order valence-corrected chi connectivity index (χ2v) is 6.57. The second-order valence-electron chi connectivity index (χ2n) is 6.57. The van der Waals surface area contributed by atoms with Gasteiger partial charge in [0, 0.05) is 32.6 Å². The van der Waals surface area contributed by atoms with Crippen LogP contribution in [0.3, 0.4) is 0 Å². The summed E-state index contributed by atoms with van der Waals surface area (Å²) in [6.45, 7) is 6.02. The Morgan fingerprint density at radius 2 is 2.11 bits per heavy atom. The van der Waals surface area contributed by atoms with Gasteiger partial charge in [0.25, 0.3) is 0 Å². The highest BCUT2D eigenvalue weighted by Gasteiger charge is 2.39. The molecule has 3 nitrogen and oxygen atoms in total. The standard InChI is InChI=1S/C15H28N2O/c1-11(2)16-7-6-15(18)17(3)10-14-9-12-4-5-13(14)8-12/h11-14,16H,4-10H2,1-3H3. The van der Waals surface area contributed by atoms with E-state index in [2.05, 4.69) is 19.2 Å². The maximum Gasteiger partial charge on any atom is 0.223 e. The number of fused-ring (bicyclic) bond motifs is 2. The number of hydrogen-bond donors (Lipinski definition) is 1. The molecular weight excluding hydrogens is 224 g/mol. The molecule has 2 aliphatic rings.